The number of carbonyl (C=O) groups is 1. The molecule has 0 aromatic carbocycles. The smallest absolute Gasteiger partial charge is 0.138 e. The number of hydrogen-bond donors (Lipinski definition) is 1. The number of ketones is 1. The van der Waals surface area contributed by atoms with Gasteiger partial charge in [0.1, 0.15) is 5.78 Å². The fourth-order valence-electron chi connectivity index (χ4n) is 1.45. The lowest BCUT2D eigenvalue weighted by molar-refractivity contribution is -0.129. The molecule has 1 unspecified atom stereocenters. The minimum atomic E-state index is -0.687. The van der Waals surface area contributed by atoms with Crippen molar-refractivity contribution < 1.29 is 9.90 Å². The van der Waals surface area contributed by atoms with Gasteiger partial charge in [-0.25, -0.2) is 0 Å². The van der Waals surface area contributed by atoms with Gasteiger partial charge in [0, 0.05) is 0 Å². The topological polar surface area (TPSA) is 37.3 Å². The number of allylic oxidation sites excluding steroid dienone is 2. The highest BCUT2D eigenvalue weighted by atomic mass is 16.3. The van der Waals surface area contributed by atoms with Crippen molar-refractivity contribution in [2.75, 3.05) is 0 Å². The molecule has 1 N–H and O–H groups in total. The maximum Gasteiger partial charge on any atom is 0.138 e. The van der Waals surface area contributed by atoms with Gasteiger partial charge in [-0.3, -0.25) is 4.79 Å². The van der Waals surface area contributed by atoms with E-state index in [1.807, 2.05) is 18.2 Å². The lowest BCUT2D eigenvalue weighted by Crippen LogP contribution is -2.36. The van der Waals surface area contributed by atoms with Crippen LogP contribution in [0.5, 0.6) is 0 Å². The standard InChI is InChI=1S/C12H18O2/c1-9(13)12(2,3)11(14)10-7-5-4-6-8-10/h5,7-8,11,14H,4,6H2,1-3H3. The van der Waals surface area contributed by atoms with Crippen molar-refractivity contribution in [1.82, 2.24) is 0 Å². The van der Waals surface area contributed by atoms with Crippen molar-refractivity contribution in [1.29, 1.82) is 0 Å². The van der Waals surface area contributed by atoms with Crippen LogP contribution in [0.1, 0.15) is 33.6 Å². The van der Waals surface area contributed by atoms with Crippen LogP contribution in [-0.4, -0.2) is 17.0 Å². The number of aliphatic hydroxyl groups is 1. The molecule has 1 aliphatic rings. The summed E-state index contributed by atoms with van der Waals surface area (Å²) in [5, 5.41) is 10.0. The van der Waals surface area contributed by atoms with E-state index in [-0.39, 0.29) is 5.78 Å². The summed E-state index contributed by atoms with van der Waals surface area (Å²) in [5.74, 6) is 0.0184. The zero-order valence-corrected chi connectivity index (χ0v) is 9.08. The highest BCUT2D eigenvalue weighted by Gasteiger charge is 2.34. The first-order valence-corrected chi connectivity index (χ1v) is 5.02. The van der Waals surface area contributed by atoms with E-state index in [1.165, 1.54) is 6.92 Å². The van der Waals surface area contributed by atoms with Gasteiger partial charge in [0.05, 0.1) is 11.5 Å². The number of rotatable bonds is 3. The molecular formula is C12H18O2. The normalized spacial score (nSPS) is 19.0. The Morgan fingerprint density at radius 2 is 2.14 bits per heavy atom. The third-order valence-corrected chi connectivity index (χ3v) is 2.93. The van der Waals surface area contributed by atoms with E-state index in [0.29, 0.717) is 0 Å². The average Bonchev–Trinajstić information content (AvgIpc) is 2.17. The fourth-order valence-corrected chi connectivity index (χ4v) is 1.45. The Morgan fingerprint density at radius 1 is 1.50 bits per heavy atom. The number of aliphatic hydroxyl groups excluding tert-OH is 1. The molecular weight excluding hydrogens is 176 g/mol. The zero-order chi connectivity index (χ0) is 10.8. The minimum Gasteiger partial charge on any atom is -0.387 e. The Kier molecular flexibility index (Phi) is 3.27. The van der Waals surface area contributed by atoms with Crippen molar-refractivity contribution in [2.24, 2.45) is 5.41 Å². The fraction of sp³-hybridized carbons (Fsp3) is 0.583. The van der Waals surface area contributed by atoms with Gasteiger partial charge in [-0.15, -0.1) is 0 Å². The molecule has 0 aromatic rings. The first-order valence-electron chi connectivity index (χ1n) is 5.02. The lowest BCUT2D eigenvalue weighted by Gasteiger charge is -2.29. The van der Waals surface area contributed by atoms with Crippen molar-refractivity contribution in [3.05, 3.63) is 23.8 Å². The first kappa shape index (κ1) is 11.2. The molecule has 0 fully saturated rings. The third-order valence-electron chi connectivity index (χ3n) is 2.93. The molecule has 0 spiro atoms. The Hall–Kier alpha value is -0.890. The summed E-state index contributed by atoms with van der Waals surface area (Å²) in [5.41, 5.74) is 0.185. The van der Waals surface area contributed by atoms with Crippen molar-refractivity contribution in [3.63, 3.8) is 0 Å². The van der Waals surface area contributed by atoms with E-state index in [0.717, 1.165) is 18.4 Å². The predicted octanol–water partition coefficient (Wildman–Crippen LogP) is 2.24. The molecule has 0 aliphatic heterocycles. The second kappa shape index (κ2) is 4.09. The van der Waals surface area contributed by atoms with E-state index in [2.05, 4.69) is 0 Å². The van der Waals surface area contributed by atoms with Gasteiger partial charge in [0.25, 0.3) is 0 Å². The van der Waals surface area contributed by atoms with E-state index in [4.69, 9.17) is 0 Å². The molecule has 0 aromatic heterocycles. The first-order chi connectivity index (χ1) is 6.46. The monoisotopic (exact) mass is 194 g/mol. The van der Waals surface area contributed by atoms with E-state index in [9.17, 15) is 9.90 Å². The Bertz CT molecular complexity index is 285. The minimum absolute atomic E-state index is 0.0184. The van der Waals surface area contributed by atoms with Crippen LogP contribution in [0.25, 0.3) is 0 Å². The van der Waals surface area contributed by atoms with Gasteiger partial charge >= 0.3 is 0 Å². The quantitative estimate of drug-likeness (QED) is 0.748. The predicted molar refractivity (Wildman–Crippen MR) is 56.9 cm³/mol. The second-order valence-corrected chi connectivity index (χ2v) is 4.36. The van der Waals surface area contributed by atoms with E-state index in [1.54, 1.807) is 13.8 Å². The molecule has 0 radical (unpaired) electrons. The molecule has 78 valence electrons. The van der Waals surface area contributed by atoms with Crippen LogP contribution in [0.15, 0.2) is 23.8 Å². The van der Waals surface area contributed by atoms with Crippen molar-refractivity contribution >= 4 is 5.78 Å². The number of hydrogen-bond acceptors (Lipinski definition) is 2. The van der Waals surface area contributed by atoms with Crippen LogP contribution >= 0.6 is 0 Å². The van der Waals surface area contributed by atoms with Crippen LogP contribution in [0.2, 0.25) is 0 Å². The molecule has 0 saturated heterocycles. The van der Waals surface area contributed by atoms with E-state index >= 15 is 0 Å². The highest BCUT2D eigenvalue weighted by molar-refractivity contribution is 5.82. The molecule has 0 saturated carbocycles. The summed E-state index contributed by atoms with van der Waals surface area (Å²) >= 11 is 0. The van der Waals surface area contributed by atoms with Gasteiger partial charge in [-0.2, -0.15) is 0 Å². The van der Waals surface area contributed by atoms with Crippen LogP contribution < -0.4 is 0 Å². The SMILES string of the molecule is CC(=O)C(C)(C)C(O)C1=CCCC=C1. The van der Waals surface area contributed by atoms with Crippen LogP contribution in [0.3, 0.4) is 0 Å². The maximum atomic E-state index is 11.3. The number of carbonyl (C=O) groups excluding carboxylic acids is 1. The molecule has 2 nitrogen and oxygen atoms in total. The Morgan fingerprint density at radius 3 is 2.57 bits per heavy atom. The van der Waals surface area contributed by atoms with Gasteiger partial charge in [-0.05, 0) is 25.3 Å². The Labute approximate surface area is 85.3 Å². The summed E-state index contributed by atoms with van der Waals surface area (Å²) in [6.07, 6.45) is 7.26. The number of Topliss-reactive ketones (excluding diaryl/α,β-unsaturated/α-hetero) is 1. The van der Waals surface area contributed by atoms with Crippen molar-refractivity contribution in [3.8, 4) is 0 Å². The molecule has 1 aliphatic carbocycles. The van der Waals surface area contributed by atoms with Crippen molar-refractivity contribution in [2.45, 2.75) is 39.7 Å². The van der Waals surface area contributed by atoms with Gasteiger partial charge in [0.15, 0.2) is 0 Å². The molecule has 0 bridgehead atoms. The van der Waals surface area contributed by atoms with Crippen LogP contribution in [0, 0.1) is 5.41 Å². The lowest BCUT2D eigenvalue weighted by atomic mass is 9.78. The van der Waals surface area contributed by atoms with Gasteiger partial charge < -0.3 is 5.11 Å². The van der Waals surface area contributed by atoms with Gasteiger partial charge in [-0.1, -0.05) is 32.1 Å². The molecule has 1 rings (SSSR count). The zero-order valence-electron chi connectivity index (χ0n) is 9.08. The highest BCUT2D eigenvalue weighted by Crippen LogP contribution is 2.29. The summed E-state index contributed by atoms with van der Waals surface area (Å²) < 4.78 is 0. The van der Waals surface area contributed by atoms with Crippen LogP contribution in [0.4, 0.5) is 0 Å². The average molecular weight is 194 g/mol. The Balaban J connectivity index is 2.83. The molecule has 0 amide bonds. The molecule has 14 heavy (non-hydrogen) atoms. The maximum absolute atomic E-state index is 11.3. The summed E-state index contributed by atoms with van der Waals surface area (Å²) in [6.45, 7) is 5.09. The van der Waals surface area contributed by atoms with Crippen LogP contribution in [-0.2, 0) is 4.79 Å². The third kappa shape index (κ3) is 2.13. The summed E-state index contributed by atoms with van der Waals surface area (Å²) in [6, 6.07) is 0. The molecule has 1 atom stereocenters. The second-order valence-electron chi connectivity index (χ2n) is 4.36. The van der Waals surface area contributed by atoms with E-state index < -0.39 is 11.5 Å². The molecule has 0 heterocycles. The van der Waals surface area contributed by atoms with Gasteiger partial charge in [0.2, 0.25) is 0 Å². The summed E-state index contributed by atoms with van der Waals surface area (Å²) in [7, 11) is 0. The molecule has 2 heteroatoms. The summed E-state index contributed by atoms with van der Waals surface area (Å²) in [4.78, 5) is 11.3. The largest absolute Gasteiger partial charge is 0.387 e.